The van der Waals surface area contributed by atoms with Gasteiger partial charge in [0.1, 0.15) is 23.1 Å². The van der Waals surface area contributed by atoms with Gasteiger partial charge in [-0.3, -0.25) is 24.2 Å². The van der Waals surface area contributed by atoms with Crippen molar-refractivity contribution in [1.29, 1.82) is 0 Å². The normalized spacial score (nSPS) is 23.9. The van der Waals surface area contributed by atoms with Gasteiger partial charge in [0.05, 0.1) is 93.5 Å². The van der Waals surface area contributed by atoms with Crippen LogP contribution in [0, 0.1) is 5.92 Å². The Bertz CT molecular complexity index is 4910. The molecule has 4 amide bonds. The van der Waals surface area contributed by atoms with E-state index in [0.29, 0.717) is 121 Å². The second kappa shape index (κ2) is 44.8. The number of halogens is 3. The zero-order chi connectivity index (χ0) is 91.4. The van der Waals surface area contributed by atoms with E-state index in [1.807, 2.05) is 94.4 Å². The molecular weight excluding hydrogens is 1660 g/mol. The summed E-state index contributed by atoms with van der Waals surface area (Å²) in [5, 5.41) is 3.33. The van der Waals surface area contributed by atoms with Crippen molar-refractivity contribution in [2.75, 3.05) is 127 Å². The maximum absolute atomic E-state index is 13.5. The molecule has 1 N–H and O–H groups in total. The first-order valence-electron chi connectivity index (χ1n) is 48.3. The fourth-order valence-electron chi connectivity index (χ4n) is 21.0. The van der Waals surface area contributed by atoms with Crippen molar-refractivity contribution in [1.82, 2.24) is 39.5 Å². The van der Waals surface area contributed by atoms with Crippen molar-refractivity contribution in [3.8, 4) is 0 Å². The zero-order valence-electron chi connectivity index (χ0n) is 77.3. The predicted octanol–water partition coefficient (Wildman–Crippen LogP) is 19.3. The molecule has 4 aromatic heterocycles. The number of aromatic nitrogens is 4. The van der Waals surface area contributed by atoms with Gasteiger partial charge in [-0.1, -0.05) is 135 Å². The van der Waals surface area contributed by atoms with Gasteiger partial charge in [0.15, 0.2) is 0 Å². The Hall–Kier alpha value is -9.77. The van der Waals surface area contributed by atoms with E-state index >= 15 is 0 Å². The number of carbonyl (C=O) groups is 4. The summed E-state index contributed by atoms with van der Waals surface area (Å²) in [4.78, 5) is 82.2. The van der Waals surface area contributed by atoms with Crippen LogP contribution in [0.4, 0.5) is 30.6 Å². The van der Waals surface area contributed by atoms with Gasteiger partial charge in [-0.2, -0.15) is 13.2 Å². The first-order chi connectivity index (χ1) is 63.6. The number of carbonyl (C=O) groups excluding carboxylic acids is 4. The van der Waals surface area contributed by atoms with E-state index in [1.165, 1.54) is 29.5 Å². The minimum atomic E-state index is -4.48. The standard InChI is InChI=1S/2C27H35N3O3.C27H37N3O3.C24H27F3N2O3/c1-2-32-22-19-24(21-9-4-3-5-10-21)33-27(20-22)12-17-30(18-13-27)26(31)23-11-8-14-28-25(23)29-15-6-7-16-29;1-2-32-23-18-24(21-8-4-3-5-9-21)33-27(19-23)12-16-30(17-13-27)26(31)22-10-11-25(28-20-22)29-14-6-7-15-29;1-4-32-22-17-24(21-9-6-5-7-10-21)33-27(18-22)12-15-30(16-13-27)26(31)23-11-8-14-28-25(23)29-19-20(2)3;1-2-31-19-14-21(17-6-4-3-5-7-17)32-23(15-19)10-12-29(13-11-23)22(30)20-9-8-18(16-28-20)24(25,26)27/h3-5,8-11,14,22,24H,2,6-7,12-13,15-20H2,1H3;3-5,8-11,20,23-24H,2,6-7,12-19H2,1H3;5-11,14,20,22,24H,4,12-13,15-19H2,1-3H3,(H,28,29);3-9,16,19,21H,2,10-15H2,1H3. The van der Waals surface area contributed by atoms with Gasteiger partial charge in [-0.15, -0.1) is 0 Å². The molecule has 8 aromatic rings. The molecule has 23 nitrogen and oxygen atoms in total. The highest BCUT2D eigenvalue weighted by molar-refractivity contribution is 6.00. The topological polar surface area (TPSA) is 225 Å². The van der Waals surface area contributed by atoms with Crippen LogP contribution in [0.25, 0.3) is 0 Å². The fraction of sp³-hybridized carbons (Fsp3) is 0.543. The highest BCUT2D eigenvalue weighted by atomic mass is 19.4. The van der Waals surface area contributed by atoms with Gasteiger partial charge in [0.25, 0.3) is 23.6 Å². The second-order valence-electron chi connectivity index (χ2n) is 37.3. The van der Waals surface area contributed by atoms with E-state index < -0.39 is 11.7 Å². The Kier molecular flexibility index (Phi) is 32.8. The molecule has 26 heteroatoms. The highest BCUT2D eigenvalue weighted by Crippen LogP contribution is 2.50. The van der Waals surface area contributed by atoms with Crippen LogP contribution in [0.3, 0.4) is 0 Å². The Labute approximate surface area is 771 Å². The third-order valence-electron chi connectivity index (χ3n) is 27.9. The smallest absolute Gasteiger partial charge is 0.378 e. The van der Waals surface area contributed by atoms with Crippen LogP contribution in [-0.4, -0.2) is 221 Å². The Morgan fingerprint density at radius 2 is 0.756 bits per heavy atom. The first-order valence-corrected chi connectivity index (χ1v) is 48.3. The highest BCUT2D eigenvalue weighted by Gasteiger charge is 2.51. The van der Waals surface area contributed by atoms with E-state index in [0.717, 1.165) is 170 Å². The average molecular weight is 1800 g/mol. The number of pyridine rings is 4. The minimum Gasteiger partial charge on any atom is -0.378 e. The second-order valence-corrected chi connectivity index (χ2v) is 37.3. The van der Waals surface area contributed by atoms with E-state index in [2.05, 4.69) is 155 Å². The minimum absolute atomic E-state index is 0.0212. The molecule has 0 bridgehead atoms. The van der Waals surface area contributed by atoms with Gasteiger partial charge < -0.3 is 72.6 Å². The number of amides is 4. The molecule has 10 saturated heterocycles. The Morgan fingerprint density at radius 1 is 0.397 bits per heavy atom. The lowest BCUT2D eigenvalue weighted by Gasteiger charge is -2.49. The average Bonchev–Trinajstić information content (AvgIpc) is 0.936. The van der Waals surface area contributed by atoms with Crippen molar-refractivity contribution in [2.45, 2.75) is 247 Å². The zero-order valence-corrected chi connectivity index (χ0v) is 77.3. The number of nitrogens with one attached hydrogen (secondary N) is 1. The molecule has 0 saturated carbocycles. The lowest BCUT2D eigenvalue weighted by molar-refractivity contribution is -0.191. The molecule has 0 radical (unpaired) electrons. The third kappa shape index (κ3) is 24.6. The van der Waals surface area contributed by atoms with E-state index in [9.17, 15) is 32.3 Å². The van der Waals surface area contributed by atoms with E-state index in [1.54, 1.807) is 23.5 Å². The van der Waals surface area contributed by atoms with Gasteiger partial charge >= 0.3 is 6.18 Å². The van der Waals surface area contributed by atoms with Crippen LogP contribution >= 0.6 is 0 Å². The van der Waals surface area contributed by atoms with Gasteiger partial charge in [0, 0.05) is 188 Å². The van der Waals surface area contributed by atoms with Crippen LogP contribution in [0.1, 0.15) is 264 Å². The summed E-state index contributed by atoms with van der Waals surface area (Å²) < 4.78 is 89.4. The number of hydrogen-bond acceptors (Lipinski definition) is 19. The lowest BCUT2D eigenvalue weighted by Crippen LogP contribution is -2.52. The molecule has 18 rings (SSSR count). The van der Waals surface area contributed by atoms with Gasteiger partial charge in [-0.05, 0) is 181 Å². The van der Waals surface area contributed by atoms with E-state index in [4.69, 9.17) is 37.9 Å². The molecule has 10 aliphatic rings. The molecule has 702 valence electrons. The molecule has 0 aliphatic carbocycles. The molecule has 8 atom stereocenters. The lowest BCUT2D eigenvalue weighted by atomic mass is 9.80. The van der Waals surface area contributed by atoms with Crippen LogP contribution in [-0.2, 0) is 44.1 Å². The summed E-state index contributed by atoms with van der Waals surface area (Å²) in [6.45, 7) is 25.2. The molecule has 14 heterocycles. The number of hydrogen-bond donors (Lipinski definition) is 1. The summed E-state index contributed by atoms with van der Waals surface area (Å²) in [6, 6.07) is 54.9. The summed E-state index contributed by atoms with van der Waals surface area (Å²) in [7, 11) is 0. The monoisotopic (exact) mass is 1800 g/mol. The van der Waals surface area contributed by atoms with Crippen LogP contribution < -0.4 is 15.1 Å². The number of anilines is 3. The number of benzene rings is 4. The largest absolute Gasteiger partial charge is 0.417 e. The van der Waals surface area contributed by atoms with Crippen molar-refractivity contribution in [2.24, 2.45) is 5.92 Å². The maximum atomic E-state index is 13.5. The summed E-state index contributed by atoms with van der Waals surface area (Å²) >= 11 is 0. The molecule has 4 aromatic carbocycles. The molecule has 10 aliphatic heterocycles. The molecule has 8 unspecified atom stereocenters. The quantitative estimate of drug-likeness (QED) is 0.0705. The van der Waals surface area contributed by atoms with Crippen molar-refractivity contribution < 1.29 is 70.2 Å². The van der Waals surface area contributed by atoms with Crippen molar-refractivity contribution >= 4 is 41.1 Å². The summed E-state index contributed by atoms with van der Waals surface area (Å²) in [6.07, 6.45) is 20.1. The number of ether oxygens (including phenoxy) is 8. The molecule has 4 spiro atoms. The van der Waals surface area contributed by atoms with Gasteiger partial charge in [0.2, 0.25) is 0 Å². The predicted molar refractivity (Wildman–Crippen MR) is 499 cm³/mol. The maximum Gasteiger partial charge on any atom is 0.417 e. The van der Waals surface area contributed by atoms with Gasteiger partial charge in [-0.25, -0.2) is 15.0 Å². The number of likely N-dealkylation sites (tertiary alicyclic amines) is 4. The molecule has 10 fully saturated rings. The number of alkyl halides is 3. The third-order valence-corrected chi connectivity index (χ3v) is 27.9. The van der Waals surface area contributed by atoms with Crippen LogP contribution in [0.15, 0.2) is 195 Å². The summed E-state index contributed by atoms with van der Waals surface area (Å²) in [5.74, 6) is 2.82. The number of nitrogens with zero attached hydrogens (tertiary/aromatic N) is 10. The molecule has 131 heavy (non-hydrogen) atoms. The van der Waals surface area contributed by atoms with Crippen LogP contribution in [0.5, 0.6) is 0 Å². The fourth-order valence-corrected chi connectivity index (χ4v) is 21.0. The first kappa shape index (κ1) is 95.8. The van der Waals surface area contributed by atoms with Crippen LogP contribution in [0.2, 0.25) is 0 Å². The number of rotatable bonds is 21. The van der Waals surface area contributed by atoms with E-state index in [-0.39, 0.29) is 101 Å². The van der Waals surface area contributed by atoms with Crippen molar-refractivity contribution in [3.05, 3.63) is 245 Å². The Morgan fingerprint density at radius 3 is 1.11 bits per heavy atom. The molecular formula is C105H134F3N11O12. The summed E-state index contributed by atoms with van der Waals surface area (Å²) in [5.41, 5.74) is 4.86. The Balaban J connectivity index is 0.000000134. The van der Waals surface area contributed by atoms with Crippen molar-refractivity contribution in [3.63, 3.8) is 0 Å². The SMILES string of the molecule is CCOC1CC(c2ccccc2)OC2(CCN(C(=O)c3ccc(C(F)(F)F)cn3)CC2)C1.CCOC1CC(c2ccccc2)OC2(CCN(C(=O)c3ccc(N4CCCC4)nc3)CC2)C1.CCOC1CC(c2ccccc2)OC2(CCN(C(=O)c3cccnc3N3CCCC3)CC2)C1.CCOC1CC(c2ccccc2)OC2(CCN(C(=O)c3cccnc3NCC(C)C)CC2)C1. The number of piperidine rings is 4.